The summed E-state index contributed by atoms with van der Waals surface area (Å²) in [5, 5.41) is 5.83. The quantitative estimate of drug-likeness (QED) is 0.591. The van der Waals surface area contributed by atoms with Gasteiger partial charge in [0.15, 0.2) is 5.78 Å². The summed E-state index contributed by atoms with van der Waals surface area (Å²) >= 11 is 0. The molecule has 0 aliphatic heterocycles. The second-order valence-electron chi connectivity index (χ2n) is 6.07. The third kappa shape index (κ3) is 4.86. The first kappa shape index (κ1) is 19.8. The Hall–Kier alpha value is -3.94. The third-order valence-electron chi connectivity index (χ3n) is 4.10. The van der Waals surface area contributed by atoms with Crippen LogP contribution in [0.5, 0.6) is 11.5 Å². The lowest BCUT2D eigenvalue weighted by atomic mass is 10.1. The number of Topliss-reactive ketones (excluding diaryl/α,β-unsaturated/α-hetero) is 1. The minimum Gasteiger partial charge on any atom is -0.497 e. The van der Waals surface area contributed by atoms with E-state index in [0.717, 1.165) is 0 Å². The predicted octanol–water partition coefficient (Wildman–Crippen LogP) is 3.69. The summed E-state index contributed by atoms with van der Waals surface area (Å²) in [7, 11) is 3.05. The van der Waals surface area contributed by atoms with Crippen LogP contribution < -0.4 is 20.1 Å². The topological polar surface area (TPSA) is 102 Å². The number of methoxy groups -OCH3 is 2. The van der Waals surface area contributed by atoms with Gasteiger partial charge in [-0.05, 0) is 31.2 Å². The van der Waals surface area contributed by atoms with Crippen molar-refractivity contribution in [2.75, 3.05) is 24.9 Å². The minimum absolute atomic E-state index is 0.0383. The second kappa shape index (κ2) is 8.83. The molecule has 0 bridgehead atoms. The van der Waals surface area contributed by atoms with Gasteiger partial charge in [-0.3, -0.25) is 9.59 Å². The SMILES string of the molecule is COc1ccc(OC)c(NC(=O)c2cc(Nc3cccc(C(C)=O)c3)ncn2)c1. The number of nitrogens with zero attached hydrogens (tertiary/aromatic N) is 2. The van der Waals surface area contributed by atoms with E-state index in [0.29, 0.717) is 34.3 Å². The molecule has 8 heteroatoms. The van der Waals surface area contributed by atoms with Crippen LogP contribution >= 0.6 is 0 Å². The Morgan fingerprint density at radius 2 is 1.79 bits per heavy atom. The van der Waals surface area contributed by atoms with Gasteiger partial charge in [0.25, 0.3) is 5.91 Å². The highest BCUT2D eigenvalue weighted by Crippen LogP contribution is 2.29. The van der Waals surface area contributed by atoms with E-state index in [4.69, 9.17) is 9.47 Å². The molecule has 8 nitrogen and oxygen atoms in total. The van der Waals surface area contributed by atoms with E-state index >= 15 is 0 Å². The van der Waals surface area contributed by atoms with Crippen molar-refractivity contribution in [2.45, 2.75) is 6.92 Å². The Labute approximate surface area is 167 Å². The maximum atomic E-state index is 12.7. The van der Waals surface area contributed by atoms with Crippen molar-refractivity contribution in [3.05, 3.63) is 66.1 Å². The Bertz CT molecular complexity index is 1050. The number of aromatic nitrogens is 2. The smallest absolute Gasteiger partial charge is 0.274 e. The molecule has 3 rings (SSSR count). The molecule has 1 amide bonds. The van der Waals surface area contributed by atoms with Crippen molar-refractivity contribution in [1.29, 1.82) is 0 Å². The van der Waals surface area contributed by atoms with Crippen LogP contribution in [0.4, 0.5) is 17.2 Å². The standard InChI is InChI=1S/C21H20N4O4/c1-13(26)14-5-4-6-15(9-14)24-20-11-18(22-12-23-20)21(27)25-17-10-16(28-2)7-8-19(17)29-3/h4-12H,1-3H3,(H,25,27)(H,22,23,24). The van der Waals surface area contributed by atoms with Gasteiger partial charge in [-0.2, -0.15) is 0 Å². The van der Waals surface area contributed by atoms with Gasteiger partial charge in [0.05, 0.1) is 19.9 Å². The monoisotopic (exact) mass is 392 g/mol. The van der Waals surface area contributed by atoms with Crippen molar-refractivity contribution in [3.63, 3.8) is 0 Å². The second-order valence-corrected chi connectivity index (χ2v) is 6.07. The van der Waals surface area contributed by atoms with Crippen LogP contribution in [0.3, 0.4) is 0 Å². The highest BCUT2D eigenvalue weighted by Gasteiger charge is 2.13. The molecule has 0 saturated heterocycles. The summed E-state index contributed by atoms with van der Waals surface area (Å²) in [5.74, 6) is 1.02. The number of ketones is 1. The first-order valence-corrected chi connectivity index (χ1v) is 8.73. The molecule has 2 N–H and O–H groups in total. The first-order valence-electron chi connectivity index (χ1n) is 8.73. The zero-order valence-corrected chi connectivity index (χ0v) is 16.2. The number of rotatable bonds is 7. The molecule has 0 radical (unpaired) electrons. The minimum atomic E-state index is -0.431. The Kier molecular flexibility index (Phi) is 6.03. The Balaban J connectivity index is 1.80. The van der Waals surface area contributed by atoms with Crippen molar-refractivity contribution >= 4 is 28.9 Å². The molecular weight excluding hydrogens is 372 g/mol. The summed E-state index contributed by atoms with van der Waals surface area (Å²) in [6, 6.07) is 13.6. The van der Waals surface area contributed by atoms with Gasteiger partial charge in [-0.15, -0.1) is 0 Å². The molecule has 0 saturated carbocycles. The van der Waals surface area contributed by atoms with Crippen LogP contribution in [-0.2, 0) is 0 Å². The molecular formula is C21H20N4O4. The molecule has 0 aliphatic carbocycles. The number of carbonyl (C=O) groups excluding carboxylic acids is 2. The fourth-order valence-electron chi connectivity index (χ4n) is 2.61. The number of ether oxygens (including phenoxy) is 2. The summed E-state index contributed by atoms with van der Waals surface area (Å²) in [6.07, 6.45) is 1.29. The van der Waals surface area contributed by atoms with E-state index in [1.54, 1.807) is 42.5 Å². The molecule has 0 aliphatic rings. The van der Waals surface area contributed by atoms with E-state index in [1.165, 1.54) is 33.5 Å². The maximum Gasteiger partial charge on any atom is 0.274 e. The molecule has 2 aromatic carbocycles. The van der Waals surface area contributed by atoms with E-state index in [9.17, 15) is 9.59 Å². The molecule has 0 fully saturated rings. The molecule has 29 heavy (non-hydrogen) atoms. The number of hydrogen-bond donors (Lipinski definition) is 2. The molecule has 1 aromatic heterocycles. The van der Waals surface area contributed by atoms with Crippen LogP contribution in [0.15, 0.2) is 54.9 Å². The van der Waals surface area contributed by atoms with Gasteiger partial charge in [0.1, 0.15) is 29.3 Å². The van der Waals surface area contributed by atoms with Gasteiger partial charge in [0, 0.05) is 23.4 Å². The Morgan fingerprint density at radius 1 is 0.966 bits per heavy atom. The zero-order valence-electron chi connectivity index (χ0n) is 16.2. The van der Waals surface area contributed by atoms with Crippen molar-refractivity contribution in [3.8, 4) is 11.5 Å². The van der Waals surface area contributed by atoms with E-state index in [2.05, 4.69) is 20.6 Å². The first-order chi connectivity index (χ1) is 14.0. The predicted molar refractivity (Wildman–Crippen MR) is 109 cm³/mol. The largest absolute Gasteiger partial charge is 0.497 e. The molecule has 0 unspecified atom stereocenters. The van der Waals surface area contributed by atoms with Gasteiger partial charge < -0.3 is 20.1 Å². The lowest BCUT2D eigenvalue weighted by molar-refractivity contribution is 0.101. The van der Waals surface area contributed by atoms with Crippen molar-refractivity contribution in [2.24, 2.45) is 0 Å². The molecule has 0 spiro atoms. The van der Waals surface area contributed by atoms with Gasteiger partial charge in [0.2, 0.25) is 0 Å². The maximum absolute atomic E-state index is 12.7. The summed E-state index contributed by atoms with van der Waals surface area (Å²) < 4.78 is 10.5. The average Bonchev–Trinajstić information content (AvgIpc) is 2.74. The van der Waals surface area contributed by atoms with Gasteiger partial charge >= 0.3 is 0 Å². The number of nitrogens with one attached hydrogen (secondary N) is 2. The molecule has 3 aromatic rings. The van der Waals surface area contributed by atoms with Crippen LogP contribution in [-0.4, -0.2) is 35.9 Å². The zero-order chi connectivity index (χ0) is 20.8. The summed E-state index contributed by atoms with van der Waals surface area (Å²) in [6.45, 7) is 1.50. The van der Waals surface area contributed by atoms with Crippen LogP contribution in [0.2, 0.25) is 0 Å². The van der Waals surface area contributed by atoms with Crippen molar-refractivity contribution in [1.82, 2.24) is 9.97 Å². The molecule has 1 heterocycles. The third-order valence-corrected chi connectivity index (χ3v) is 4.10. The fourth-order valence-corrected chi connectivity index (χ4v) is 2.61. The van der Waals surface area contributed by atoms with Crippen LogP contribution in [0.1, 0.15) is 27.8 Å². The summed E-state index contributed by atoms with van der Waals surface area (Å²) in [4.78, 5) is 32.4. The summed E-state index contributed by atoms with van der Waals surface area (Å²) in [5.41, 5.74) is 1.87. The normalized spacial score (nSPS) is 10.2. The number of benzene rings is 2. The fraction of sp³-hybridized carbons (Fsp3) is 0.143. The number of hydrogen-bond acceptors (Lipinski definition) is 7. The lowest BCUT2D eigenvalue weighted by Crippen LogP contribution is -2.15. The molecule has 0 atom stereocenters. The van der Waals surface area contributed by atoms with E-state index in [1.807, 2.05) is 0 Å². The highest BCUT2D eigenvalue weighted by molar-refractivity contribution is 6.04. The van der Waals surface area contributed by atoms with E-state index < -0.39 is 5.91 Å². The highest BCUT2D eigenvalue weighted by atomic mass is 16.5. The number of anilines is 3. The lowest BCUT2D eigenvalue weighted by Gasteiger charge is -2.12. The number of carbonyl (C=O) groups is 2. The van der Waals surface area contributed by atoms with Crippen molar-refractivity contribution < 1.29 is 19.1 Å². The average molecular weight is 392 g/mol. The van der Waals surface area contributed by atoms with Gasteiger partial charge in [-0.1, -0.05) is 12.1 Å². The Morgan fingerprint density at radius 3 is 2.52 bits per heavy atom. The number of amides is 1. The van der Waals surface area contributed by atoms with Gasteiger partial charge in [-0.25, -0.2) is 9.97 Å². The van der Waals surface area contributed by atoms with E-state index in [-0.39, 0.29) is 11.5 Å². The van der Waals surface area contributed by atoms with Crippen LogP contribution in [0.25, 0.3) is 0 Å². The van der Waals surface area contributed by atoms with Crippen LogP contribution in [0, 0.1) is 0 Å². The molecule has 148 valence electrons.